The van der Waals surface area contributed by atoms with Gasteiger partial charge >= 0.3 is 0 Å². The predicted molar refractivity (Wildman–Crippen MR) is 73.1 cm³/mol. The first-order chi connectivity index (χ1) is 8.35. The molecule has 1 aliphatic carbocycles. The highest BCUT2D eigenvalue weighted by molar-refractivity contribution is 8.00. The zero-order valence-corrected chi connectivity index (χ0v) is 11.3. The van der Waals surface area contributed by atoms with Crippen LogP contribution in [0.4, 0.5) is 0 Å². The Labute approximate surface area is 108 Å². The van der Waals surface area contributed by atoms with Crippen molar-refractivity contribution >= 4 is 11.8 Å². The smallest absolute Gasteiger partial charge is 0.115 e. The SMILES string of the molecule is CSC1(CNCc2ccncn2)CCCCC1. The van der Waals surface area contributed by atoms with Crippen LogP contribution < -0.4 is 5.32 Å². The summed E-state index contributed by atoms with van der Waals surface area (Å²) in [5.74, 6) is 0. The van der Waals surface area contributed by atoms with Gasteiger partial charge in [-0.3, -0.25) is 0 Å². The quantitative estimate of drug-likeness (QED) is 0.873. The van der Waals surface area contributed by atoms with Crippen molar-refractivity contribution in [3.63, 3.8) is 0 Å². The molecule has 94 valence electrons. The van der Waals surface area contributed by atoms with E-state index in [-0.39, 0.29) is 0 Å². The van der Waals surface area contributed by atoms with Gasteiger partial charge in [0, 0.05) is 24.0 Å². The largest absolute Gasteiger partial charge is 0.310 e. The third-order valence-electron chi connectivity index (χ3n) is 3.59. The van der Waals surface area contributed by atoms with Gasteiger partial charge in [-0.2, -0.15) is 11.8 Å². The molecule has 0 bridgehead atoms. The molecule has 0 aromatic carbocycles. The van der Waals surface area contributed by atoms with Crippen LogP contribution >= 0.6 is 11.8 Å². The van der Waals surface area contributed by atoms with Crippen molar-refractivity contribution in [3.05, 3.63) is 24.3 Å². The summed E-state index contributed by atoms with van der Waals surface area (Å²) in [4.78, 5) is 8.16. The van der Waals surface area contributed by atoms with E-state index in [1.165, 1.54) is 32.1 Å². The van der Waals surface area contributed by atoms with Crippen molar-refractivity contribution in [1.82, 2.24) is 15.3 Å². The fourth-order valence-corrected chi connectivity index (χ4v) is 3.43. The van der Waals surface area contributed by atoms with Crippen molar-refractivity contribution < 1.29 is 0 Å². The van der Waals surface area contributed by atoms with Crippen LogP contribution in [0.1, 0.15) is 37.8 Å². The minimum Gasteiger partial charge on any atom is -0.310 e. The second kappa shape index (κ2) is 6.36. The molecular weight excluding hydrogens is 230 g/mol. The normalized spacial score (nSPS) is 19.1. The lowest BCUT2D eigenvalue weighted by molar-refractivity contribution is 0.379. The Bertz CT molecular complexity index is 323. The molecule has 1 N–H and O–H groups in total. The van der Waals surface area contributed by atoms with Crippen LogP contribution in [-0.4, -0.2) is 27.5 Å². The van der Waals surface area contributed by atoms with Crippen molar-refractivity contribution in [3.8, 4) is 0 Å². The maximum atomic E-state index is 4.23. The van der Waals surface area contributed by atoms with E-state index in [0.717, 1.165) is 18.8 Å². The summed E-state index contributed by atoms with van der Waals surface area (Å²) in [5.41, 5.74) is 1.08. The Morgan fingerprint density at radius 3 is 2.82 bits per heavy atom. The molecule has 1 heterocycles. The maximum absolute atomic E-state index is 4.23. The van der Waals surface area contributed by atoms with Gasteiger partial charge in [0.15, 0.2) is 0 Å². The number of thioether (sulfide) groups is 1. The van der Waals surface area contributed by atoms with E-state index in [0.29, 0.717) is 4.75 Å². The van der Waals surface area contributed by atoms with Crippen LogP contribution in [0, 0.1) is 0 Å². The van der Waals surface area contributed by atoms with Gasteiger partial charge in [-0.25, -0.2) is 9.97 Å². The van der Waals surface area contributed by atoms with Crippen LogP contribution in [-0.2, 0) is 6.54 Å². The van der Waals surface area contributed by atoms with E-state index in [4.69, 9.17) is 0 Å². The van der Waals surface area contributed by atoms with Crippen LogP contribution in [0.5, 0.6) is 0 Å². The van der Waals surface area contributed by atoms with Crippen molar-refractivity contribution in [1.29, 1.82) is 0 Å². The molecule has 0 radical (unpaired) electrons. The lowest BCUT2D eigenvalue weighted by atomic mass is 9.88. The van der Waals surface area contributed by atoms with Gasteiger partial charge in [-0.05, 0) is 25.2 Å². The third kappa shape index (κ3) is 3.68. The first-order valence-corrected chi connectivity index (χ1v) is 7.58. The monoisotopic (exact) mass is 251 g/mol. The summed E-state index contributed by atoms with van der Waals surface area (Å²) in [6.45, 7) is 1.95. The van der Waals surface area contributed by atoms with Crippen LogP contribution in [0.15, 0.2) is 18.6 Å². The van der Waals surface area contributed by atoms with E-state index < -0.39 is 0 Å². The van der Waals surface area contributed by atoms with Gasteiger partial charge in [-0.15, -0.1) is 0 Å². The van der Waals surface area contributed by atoms with Crippen molar-refractivity contribution in [2.24, 2.45) is 0 Å². The third-order valence-corrected chi connectivity index (χ3v) is 5.01. The molecule has 0 spiro atoms. The van der Waals surface area contributed by atoms with E-state index in [2.05, 4.69) is 21.5 Å². The van der Waals surface area contributed by atoms with Gasteiger partial charge in [0.05, 0.1) is 5.69 Å². The predicted octanol–water partition coefficient (Wildman–Crippen LogP) is 2.63. The standard InChI is InChI=1S/C13H21N3S/c1-17-13(6-3-2-4-7-13)10-15-9-12-5-8-14-11-16-12/h5,8,11,15H,2-4,6-7,9-10H2,1H3. The molecule has 1 saturated carbocycles. The molecule has 0 amide bonds. The number of hydrogen-bond donors (Lipinski definition) is 1. The summed E-state index contributed by atoms with van der Waals surface area (Å²) in [6, 6.07) is 1.97. The molecule has 0 saturated heterocycles. The highest BCUT2D eigenvalue weighted by atomic mass is 32.2. The average molecular weight is 251 g/mol. The number of rotatable bonds is 5. The summed E-state index contributed by atoms with van der Waals surface area (Å²) in [5, 5.41) is 3.55. The van der Waals surface area contributed by atoms with Crippen LogP contribution in [0.2, 0.25) is 0 Å². The highest BCUT2D eigenvalue weighted by Gasteiger charge is 2.30. The molecule has 1 fully saturated rings. The van der Waals surface area contributed by atoms with Gasteiger partial charge in [-0.1, -0.05) is 19.3 Å². The van der Waals surface area contributed by atoms with E-state index in [9.17, 15) is 0 Å². The average Bonchev–Trinajstić information content (AvgIpc) is 2.41. The highest BCUT2D eigenvalue weighted by Crippen LogP contribution is 2.37. The molecule has 3 nitrogen and oxygen atoms in total. The molecule has 1 aromatic heterocycles. The zero-order valence-electron chi connectivity index (χ0n) is 10.5. The molecule has 17 heavy (non-hydrogen) atoms. The van der Waals surface area contributed by atoms with Crippen molar-refractivity contribution in [2.45, 2.75) is 43.4 Å². The van der Waals surface area contributed by atoms with Gasteiger partial charge in [0.25, 0.3) is 0 Å². The minimum atomic E-state index is 0.464. The maximum Gasteiger partial charge on any atom is 0.115 e. The molecule has 0 atom stereocenters. The van der Waals surface area contributed by atoms with E-state index in [1.807, 2.05) is 17.8 Å². The van der Waals surface area contributed by atoms with E-state index >= 15 is 0 Å². The lowest BCUT2D eigenvalue weighted by Gasteiger charge is -2.36. The number of hydrogen-bond acceptors (Lipinski definition) is 4. The van der Waals surface area contributed by atoms with Gasteiger partial charge in [0.2, 0.25) is 0 Å². The molecule has 0 aliphatic heterocycles. The Morgan fingerprint density at radius 2 is 2.18 bits per heavy atom. The van der Waals surface area contributed by atoms with E-state index in [1.54, 1.807) is 12.5 Å². The first-order valence-electron chi connectivity index (χ1n) is 6.35. The lowest BCUT2D eigenvalue weighted by Crippen LogP contribution is -2.39. The molecule has 1 aliphatic rings. The van der Waals surface area contributed by atoms with Crippen LogP contribution in [0.25, 0.3) is 0 Å². The Kier molecular flexibility index (Phi) is 4.80. The second-order valence-corrected chi connectivity index (χ2v) is 6.03. The van der Waals surface area contributed by atoms with Gasteiger partial charge in [0.1, 0.15) is 6.33 Å². The fourth-order valence-electron chi connectivity index (χ4n) is 2.49. The summed E-state index contributed by atoms with van der Waals surface area (Å²) >= 11 is 2.03. The number of nitrogens with one attached hydrogen (secondary N) is 1. The zero-order chi connectivity index (χ0) is 12.0. The molecule has 4 heteroatoms. The summed E-state index contributed by atoms with van der Waals surface area (Å²) in [6.07, 6.45) is 12.5. The summed E-state index contributed by atoms with van der Waals surface area (Å²) < 4.78 is 0.464. The topological polar surface area (TPSA) is 37.8 Å². The second-order valence-electron chi connectivity index (χ2n) is 4.75. The molecule has 2 rings (SSSR count). The molecule has 0 unspecified atom stereocenters. The Balaban J connectivity index is 1.80. The van der Waals surface area contributed by atoms with Crippen LogP contribution in [0.3, 0.4) is 0 Å². The van der Waals surface area contributed by atoms with Gasteiger partial charge < -0.3 is 5.32 Å². The molecule has 1 aromatic rings. The number of nitrogens with zero attached hydrogens (tertiary/aromatic N) is 2. The van der Waals surface area contributed by atoms with Crippen molar-refractivity contribution in [2.75, 3.05) is 12.8 Å². The summed E-state index contributed by atoms with van der Waals surface area (Å²) in [7, 11) is 0. The number of aromatic nitrogens is 2. The Hall–Kier alpha value is -0.610. The Morgan fingerprint density at radius 1 is 1.35 bits per heavy atom. The fraction of sp³-hybridized carbons (Fsp3) is 0.692. The first kappa shape index (κ1) is 12.8. The minimum absolute atomic E-state index is 0.464. The molecular formula is C13H21N3S.